The summed E-state index contributed by atoms with van der Waals surface area (Å²) in [5, 5.41) is 4.80. The number of pyridine rings is 1. The van der Waals surface area contributed by atoms with Gasteiger partial charge in [0.1, 0.15) is 0 Å². The first-order chi connectivity index (χ1) is 10.3. The predicted octanol–water partition coefficient (Wildman–Crippen LogP) is 4.36. The maximum atomic E-state index is 4.67. The number of aryl methyl sites for hydroxylation is 1. The van der Waals surface area contributed by atoms with Crippen LogP contribution in [0.5, 0.6) is 0 Å². The molecule has 3 heteroatoms. The van der Waals surface area contributed by atoms with E-state index >= 15 is 0 Å². The average molecular weight is 283 g/mol. The van der Waals surface area contributed by atoms with Crippen LogP contribution >= 0.6 is 0 Å². The van der Waals surface area contributed by atoms with E-state index in [-0.39, 0.29) is 0 Å². The van der Waals surface area contributed by atoms with Crippen LogP contribution in [-0.4, -0.2) is 24.6 Å². The number of fused-ring (bicyclic) bond motifs is 1. The zero-order valence-corrected chi connectivity index (χ0v) is 13.2. The Bertz CT molecular complexity index is 615. The van der Waals surface area contributed by atoms with E-state index in [0.29, 0.717) is 0 Å². The lowest BCUT2D eigenvalue weighted by molar-refractivity contribution is 0.578. The summed E-state index contributed by atoms with van der Waals surface area (Å²) in [5.74, 6) is 0. The molecule has 21 heavy (non-hydrogen) atoms. The quantitative estimate of drug-likeness (QED) is 0.904. The maximum absolute atomic E-state index is 4.67. The second kappa shape index (κ2) is 6.33. The van der Waals surface area contributed by atoms with Gasteiger partial charge in [0.2, 0.25) is 0 Å². The van der Waals surface area contributed by atoms with E-state index in [9.17, 15) is 0 Å². The molecule has 1 saturated heterocycles. The van der Waals surface area contributed by atoms with Gasteiger partial charge in [-0.1, -0.05) is 6.92 Å². The van der Waals surface area contributed by atoms with E-state index in [2.05, 4.69) is 53.3 Å². The number of anilines is 2. The molecule has 0 saturated carbocycles. The molecule has 1 aliphatic heterocycles. The first-order valence-electron chi connectivity index (χ1n) is 8.18. The summed E-state index contributed by atoms with van der Waals surface area (Å²) in [6, 6.07) is 8.87. The van der Waals surface area contributed by atoms with Crippen LogP contribution in [0.3, 0.4) is 0 Å². The minimum atomic E-state index is 1.01. The van der Waals surface area contributed by atoms with Gasteiger partial charge < -0.3 is 10.2 Å². The van der Waals surface area contributed by atoms with Crippen molar-refractivity contribution >= 4 is 22.3 Å². The van der Waals surface area contributed by atoms with Crippen LogP contribution in [0, 0.1) is 6.92 Å². The summed E-state index contributed by atoms with van der Waals surface area (Å²) in [4.78, 5) is 7.18. The summed E-state index contributed by atoms with van der Waals surface area (Å²) in [6.07, 6.45) is 5.12. The number of nitrogens with zero attached hydrogens (tertiary/aromatic N) is 2. The third-order valence-electron chi connectivity index (χ3n) is 4.21. The smallest absolute Gasteiger partial charge is 0.0727 e. The molecule has 0 amide bonds. The van der Waals surface area contributed by atoms with Crippen LogP contribution in [0.2, 0.25) is 0 Å². The van der Waals surface area contributed by atoms with Crippen LogP contribution < -0.4 is 10.2 Å². The van der Waals surface area contributed by atoms with Crippen LogP contribution in [-0.2, 0) is 0 Å². The lowest BCUT2D eigenvalue weighted by atomic mass is 10.1. The fraction of sp³-hybridized carbons (Fsp3) is 0.500. The largest absolute Gasteiger partial charge is 0.384 e. The first-order valence-corrected chi connectivity index (χ1v) is 8.18. The normalized spacial score (nSPS) is 15.4. The Hall–Kier alpha value is -1.77. The van der Waals surface area contributed by atoms with Gasteiger partial charge in [-0.25, -0.2) is 0 Å². The number of nitrogens with one attached hydrogen (secondary N) is 1. The second-order valence-corrected chi connectivity index (χ2v) is 5.99. The molecule has 112 valence electrons. The second-order valence-electron chi connectivity index (χ2n) is 5.99. The molecular formula is C18H25N3. The van der Waals surface area contributed by atoms with Gasteiger partial charge in [-0.2, -0.15) is 0 Å². The van der Waals surface area contributed by atoms with Crippen molar-refractivity contribution in [3.63, 3.8) is 0 Å². The summed E-state index contributed by atoms with van der Waals surface area (Å²) in [6.45, 7) is 7.63. The van der Waals surface area contributed by atoms with Crippen molar-refractivity contribution in [1.82, 2.24) is 4.98 Å². The van der Waals surface area contributed by atoms with E-state index in [4.69, 9.17) is 0 Å². The third kappa shape index (κ3) is 3.12. The molecule has 3 nitrogen and oxygen atoms in total. The number of hydrogen-bond donors (Lipinski definition) is 1. The highest BCUT2D eigenvalue weighted by atomic mass is 15.1. The molecule has 2 heterocycles. The van der Waals surface area contributed by atoms with Gasteiger partial charge in [-0.15, -0.1) is 0 Å². The summed E-state index contributed by atoms with van der Waals surface area (Å²) < 4.78 is 0. The van der Waals surface area contributed by atoms with Crippen LogP contribution in [0.1, 0.15) is 38.3 Å². The Balaban J connectivity index is 1.99. The third-order valence-corrected chi connectivity index (χ3v) is 4.21. The van der Waals surface area contributed by atoms with E-state index in [0.717, 1.165) is 24.2 Å². The van der Waals surface area contributed by atoms with Gasteiger partial charge in [0.25, 0.3) is 0 Å². The monoisotopic (exact) mass is 283 g/mol. The molecule has 1 fully saturated rings. The van der Waals surface area contributed by atoms with Gasteiger partial charge in [-0.05, 0) is 56.9 Å². The first kappa shape index (κ1) is 14.2. The molecule has 0 radical (unpaired) electrons. The van der Waals surface area contributed by atoms with Crippen molar-refractivity contribution in [3.8, 4) is 0 Å². The van der Waals surface area contributed by atoms with Gasteiger partial charge in [0.15, 0.2) is 0 Å². The highest BCUT2D eigenvalue weighted by molar-refractivity contribution is 5.94. The van der Waals surface area contributed by atoms with Crippen LogP contribution in [0.15, 0.2) is 24.3 Å². The highest BCUT2D eigenvalue weighted by Crippen LogP contribution is 2.29. The number of piperidine rings is 1. The minimum absolute atomic E-state index is 1.01. The molecule has 1 aromatic carbocycles. The van der Waals surface area contributed by atoms with Crippen molar-refractivity contribution < 1.29 is 0 Å². The Kier molecular flexibility index (Phi) is 4.28. The fourth-order valence-corrected chi connectivity index (χ4v) is 3.10. The molecule has 2 aromatic rings. The standard InChI is InChI=1S/C18H25N3/c1-3-9-19-18-12-14(2)20-17-8-7-15(13-16(17)18)21-10-5-4-6-11-21/h7-8,12-13H,3-6,9-11H2,1-2H3,(H,19,20). The molecule has 1 aromatic heterocycles. The molecule has 0 aliphatic carbocycles. The van der Waals surface area contributed by atoms with Gasteiger partial charge >= 0.3 is 0 Å². The van der Waals surface area contributed by atoms with E-state index in [1.807, 2.05) is 0 Å². The average Bonchev–Trinajstić information content (AvgIpc) is 2.53. The molecular weight excluding hydrogens is 258 g/mol. The van der Waals surface area contributed by atoms with Gasteiger partial charge in [-0.3, -0.25) is 4.98 Å². The van der Waals surface area contributed by atoms with E-state index < -0.39 is 0 Å². The number of aromatic nitrogens is 1. The molecule has 0 spiro atoms. The lowest BCUT2D eigenvalue weighted by Crippen LogP contribution is -2.29. The molecule has 0 unspecified atom stereocenters. The Morgan fingerprint density at radius 3 is 2.71 bits per heavy atom. The Morgan fingerprint density at radius 1 is 1.14 bits per heavy atom. The predicted molar refractivity (Wildman–Crippen MR) is 91.3 cm³/mol. The maximum Gasteiger partial charge on any atom is 0.0727 e. The zero-order chi connectivity index (χ0) is 14.7. The minimum Gasteiger partial charge on any atom is -0.384 e. The van der Waals surface area contributed by atoms with E-state index in [1.54, 1.807) is 0 Å². The molecule has 0 bridgehead atoms. The van der Waals surface area contributed by atoms with Crippen molar-refractivity contribution in [2.75, 3.05) is 29.9 Å². The van der Waals surface area contributed by atoms with Gasteiger partial charge in [0, 0.05) is 42.1 Å². The summed E-state index contributed by atoms with van der Waals surface area (Å²) in [7, 11) is 0. The van der Waals surface area contributed by atoms with Crippen molar-refractivity contribution in [2.45, 2.75) is 39.5 Å². The number of hydrogen-bond acceptors (Lipinski definition) is 3. The van der Waals surface area contributed by atoms with E-state index in [1.165, 1.54) is 49.1 Å². The summed E-state index contributed by atoms with van der Waals surface area (Å²) in [5.41, 5.74) is 4.73. The molecule has 0 atom stereocenters. The zero-order valence-electron chi connectivity index (χ0n) is 13.2. The molecule has 1 N–H and O–H groups in total. The Morgan fingerprint density at radius 2 is 1.95 bits per heavy atom. The SMILES string of the molecule is CCCNc1cc(C)nc2ccc(N3CCCCC3)cc12. The number of rotatable bonds is 4. The van der Waals surface area contributed by atoms with Crippen molar-refractivity contribution in [3.05, 3.63) is 30.0 Å². The topological polar surface area (TPSA) is 28.2 Å². The number of benzene rings is 1. The lowest BCUT2D eigenvalue weighted by Gasteiger charge is -2.29. The molecule has 1 aliphatic rings. The highest BCUT2D eigenvalue weighted by Gasteiger charge is 2.12. The van der Waals surface area contributed by atoms with Crippen molar-refractivity contribution in [1.29, 1.82) is 0 Å². The van der Waals surface area contributed by atoms with Crippen LogP contribution in [0.25, 0.3) is 10.9 Å². The molecule has 3 rings (SSSR count). The summed E-state index contributed by atoms with van der Waals surface area (Å²) >= 11 is 0. The van der Waals surface area contributed by atoms with Gasteiger partial charge in [0.05, 0.1) is 5.52 Å². The fourth-order valence-electron chi connectivity index (χ4n) is 3.10. The van der Waals surface area contributed by atoms with Crippen molar-refractivity contribution in [2.24, 2.45) is 0 Å². The Labute approximate surface area is 127 Å². The van der Waals surface area contributed by atoms with Crippen LogP contribution in [0.4, 0.5) is 11.4 Å².